The third kappa shape index (κ3) is 3.17. The summed E-state index contributed by atoms with van der Waals surface area (Å²) in [6.45, 7) is -1.18. The van der Waals surface area contributed by atoms with Crippen LogP contribution in [0.15, 0.2) is 42.5 Å². The molecular weight excluding hydrogens is 309 g/mol. The van der Waals surface area contributed by atoms with Crippen LogP contribution in [0, 0.1) is 11.7 Å². The summed E-state index contributed by atoms with van der Waals surface area (Å²) in [6.07, 6.45) is -1.50. The van der Waals surface area contributed by atoms with Gasteiger partial charge in [0.2, 0.25) is 6.75 Å². The fraction of sp³-hybridized carbons (Fsp3) is 0.368. The highest BCUT2D eigenvalue weighted by molar-refractivity contribution is 5.46. The highest BCUT2D eigenvalue weighted by atomic mass is 19.1. The van der Waals surface area contributed by atoms with Gasteiger partial charge in [0, 0.05) is 21.3 Å². The normalized spacial score (nSPS) is 29.0. The minimum atomic E-state index is -2.20. The second kappa shape index (κ2) is 6.69. The lowest BCUT2D eigenvalue weighted by molar-refractivity contribution is 0.173. The van der Waals surface area contributed by atoms with Crippen molar-refractivity contribution in [2.75, 3.05) is 26.4 Å². The third-order valence-electron chi connectivity index (χ3n) is 4.24. The highest BCUT2D eigenvalue weighted by Crippen LogP contribution is 2.36. The highest BCUT2D eigenvalue weighted by Gasteiger charge is 2.27. The van der Waals surface area contributed by atoms with Crippen LogP contribution >= 0.6 is 0 Å². The Morgan fingerprint density at radius 3 is 2.88 bits per heavy atom. The van der Waals surface area contributed by atoms with Crippen LogP contribution in [0.25, 0.3) is 0 Å². The molecule has 1 N–H and O–H groups in total. The Morgan fingerprint density at radius 1 is 1.17 bits per heavy atom. The van der Waals surface area contributed by atoms with Gasteiger partial charge in [-0.05, 0) is 48.7 Å². The molecule has 2 atom stereocenters. The van der Waals surface area contributed by atoms with Gasteiger partial charge in [-0.2, -0.15) is 0 Å². The average molecular weight is 333 g/mol. The lowest BCUT2D eigenvalue weighted by Gasteiger charge is -2.32. The molecule has 2 heterocycles. The Bertz CT molecular complexity index is 863. The second-order valence-corrected chi connectivity index (χ2v) is 5.83. The molecule has 0 aromatic heterocycles. The first-order valence-corrected chi connectivity index (χ1v) is 7.85. The molecule has 4 rings (SSSR count). The standard InChI is InChI=1S/C19H20FNO3/c20-15-3-1-13(2-4-15)17-7-8-21-10-14(17)11-22-16-5-6-18-19(9-16)24-12-23-18/h1-6,9,14,17,21H,7-8,10-12H2/t14?,17-/m0/s1/i7D2,12D2. The Kier molecular flexibility index (Phi) is 3.15. The summed E-state index contributed by atoms with van der Waals surface area (Å²) in [7, 11) is 0. The molecule has 1 unspecified atom stereocenters. The number of rotatable bonds is 4. The van der Waals surface area contributed by atoms with Gasteiger partial charge in [-0.3, -0.25) is 0 Å². The zero-order valence-electron chi connectivity index (χ0n) is 16.9. The zero-order valence-corrected chi connectivity index (χ0v) is 12.9. The third-order valence-corrected chi connectivity index (χ3v) is 4.24. The molecule has 0 spiro atoms. The lowest BCUT2D eigenvalue weighted by Crippen LogP contribution is -2.38. The van der Waals surface area contributed by atoms with E-state index in [0.29, 0.717) is 18.0 Å². The molecule has 0 aliphatic carbocycles. The minimum Gasteiger partial charge on any atom is -0.493 e. The molecule has 0 saturated carbocycles. The quantitative estimate of drug-likeness (QED) is 0.932. The van der Waals surface area contributed by atoms with Gasteiger partial charge in [0.1, 0.15) is 14.3 Å². The van der Waals surface area contributed by atoms with Gasteiger partial charge in [0.05, 0.1) is 6.61 Å². The summed E-state index contributed by atoms with van der Waals surface area (Å²) in [4.78, 5) is 0. The second-order valence-electron chi connectivity index (χ2n) is 5.83. The van der Waals surface area contributed by atoms with E-state index in [1.54, 1.807) is 30.3 Å². The van der Waals surface area contributed by atoms with Gasteiger partial charge in [-0.25, -0.2) is 4.39 Å². The SMILES string of the molecule is [2H]C1([2H])Oc2ccc(OCC3CNCC([2H])([2H])[C@H]3c3ccc(F)cc3)cc2O1. The Morgan fingerprint density at radius 2 is 2.00 bits per heavy atom. The number of hydrogen-bond donors (Lipinski definition) is 1. The van der Waals surface area contributed by atoms with E-state index in [2.05, 4.69) is 5.32 Å². The minimum absolute atomic E-state index is 0.175. The first kappa shape index (κ1) is 11.3. The van der Waals surface area contributed by atoms with E-state index < -0.39 is 19.0 Å². The molecule has 1 saturated heterocycles. The van der Waals surface area contributed by atoms with Crippen LogP contribution in [0.5, 0.6) is 17.2 Å². The monoisotopic (exact) mass is 333 g/mol. The zero-order chi connectivity index (χ0) is 19.9. The molecular formula is C19H20FNO3. The van der Waals surface area contributed by atoms with Gasteiger partial charge in [0.15, 0.2) is 11.5 Å². The molecule has 2 aliphatic heterocycles. The summed E-state index contributed by atoms with van der Waals surface area (Å²) >= 11 is 0. The van der Waals surface area contributed by atoms with Crippen LogP contribution < -0.4 is 19.5 Å². The van der Waals surface area contributed by atoms with Gasteiger partial charge in [-0.1, -0.05) is 12.1 Å². The maximum absolute atomic E-state index is 13.3. The predicted octanol–water partition coefficient (Wildman–Crippen LogP) is 3.33. The molecule has 2 aromatic carbocycles. The van der Waals surface area contributed by atoms with E-state index in [0.717, 1.165) is 5.56 Å². The Hall–Kier alpha value is -2.27. The van der Waals surface area contributed by atoms with Gasteiger partial charge in [0.25, 0.3) is 0 Å². The summed E-state index contributed by atoms with van der Waals surface area (Å²) in [6, 6.07) is 10.7. The van der Waals surface area contributed by atoms with Crippen LogP contribution in [-0.2, 0) is 0 Å². The number of piperidine rings is 1. The summed E-state index contributed by atoms with van der Waals surface area (Å²) in [5, 5.41) is 3.10. The van der Waals surface area contributed by atoms with Crippen LogP contribution in [0.4, 0.5) is 4.39 Å². The van der Waals surface area contributed by atoms with Crippen molar-refractivity contribution in [2.24, 2.45) is 5.92 Å². The van der Waals surface area contributed by atoms with Crippen molar-refractivity contribution in [1.29, 1.82) is 0 Å². The van der Waals surface area contributed by atoms with Crippen LogP contribution in [0.1, 0.15) is 23.3 Å². The maximum atomic E-state index is 13.3. The summed E-state index contributed by atoms with van der Waals surface area (Å²) in [5.41, 5.74) is 0.736. The Balaban J connectivity index is 1.51. The van der Waals surface area contributed by atoms with E-state index in [4.69, 9.17) is 19.7 Å². The predicted molar refractivity (Wildman–Crippen MR) is 88.2 cm³/mol. The van der Waals surface area contributed by atoms with Gasteiger partial charge in [-0.15, -0.1) is 0 Å². The molecule has 4 nitrogen and oxygen atoms in total. The average Bonchev–Trinajstić information content (AvgIpc) is 2.93. The molecule has 1 fully saturated rings. The molecule has 5 heteroatoms. The molecule has 126 valence electrons. The fourth-order valence-corrected chi connectivity index (χ4v) is 3.00. The van der Waals surface area contributed by atoms with Crippen molar-refractivity contribution in [3.05, 3.63) is 53.8 Å². The number of hydrogen-bond acceptors (Lipinski definition) is 4. The molecule has 0 amide bonds. The lowest BCUT2D eigenvalue weighted by atomic mass is 9.81. The molecule has 0 radical (unpaired) electrons. The van der Waals surface area contributed by atoms with E-state index in [1.807, 2.05) is 0 Å². The van der Waals surface area contributed by atoms with Gasteiger partial charge >= 0.3 is 0 Å². The van der Waals surface area contributed by atoms with E-state index in [1.165, 1.54) is 12.1 Å². The van der Waals surface area contributed by atoms with E-state index >= 15 is 0 Å². The maximum Gasteiger partial charge on any atom is 0.231 e. The molecule has 0 bridgehead atoms. The van der Waals surface area contributed by atoms with Crippen molar-refractivity contribution in [3.8, 4) is 17.2 Å². The summed E-state index contributed by atoms with van der Waals surface area (Å²) < 4.78 is 61.1. The number of ether oxygens (including phenoxy) is 3. The number of halogens is 1. The summed E-state index contributed by atoms with van der Waals surface area (Å²) in [5.74, 6) is 0.0609. The van der Waals surface area contributed by atoms with Crippen molar-refractivity contribution < 1.29 is 24.1 Å². The van der Waals surface area contributed by atoms with E-state index in [9.17, 15) is 4.39 Å². The number of benzene rings is 2. The first-order valence-electron chi connectivity index (χ1n) is 9.85. The first-order chi connectivity index (χ1) is 13.2. The van der Waals surface area contributed by atoms with Gasteiger partial charge < -0.3 is 19.5 Å². The van der Waals surface area contributed by atoms with Crippen molar-refractivity contribution in [2.45, 2.75) is 12.3 Å². The van der Waals surface area contributed by atoms with Crippen LogP contribution in [0.2, 0.25) is 0 Å². The number of fused-ring (bicyclic) bond motifs is 1. The number of nitrogens with one attached hydrogen (secondary N) is 1. The fourth-order valence-electron chi connectivity index (χ4n) is 3.00. The molecule has 2 aromatic rings. The van der Waals surface area contributed by atoms with Crippen molar-refractivity contribution in [3.63, 3.8) is 0 Å². The van der Waals surface area contributed by atoms with Crippen LogP contribution in [-0.4, -0.2) is 26.4 Å². The molecule has 24 heavy (non-hydrogen) atoms. The smallest absolute Gasteiger partial charge is 0.231 e. The molecule has 2 aliphatic rings. The van der Waals surface area contributed by atoms with E-state index in [-0.39, 0.29) is 30.6 Å². The largest absolute Gasteiger partial charge is 0.493 e. The van der Waals surface area contributed by atoms with Crippen molar-refractivity contribution >= 4 is 0 Å². The Labute approximate surface area is 146 Å². The van der Waals surface area contributed by atoms with Crippen LogP contribution in [0.3, 0.4) is 0 Å². The van der Waals surface area contributed by atoms with Crippen molar-refractivity contribution in [1.82, 2.24) is 5.32 Å². The topological polar surface area (TPSA) is 39.7 Å².